The van der Waals surface area contributed by atoms with Crippen molar-refractivity contribution < 1.29 is 0 Å². The summed E-state index contributed by atoms with van der Waals surface area (Å²) in [4.78, 5) is 2.43. The molecule has 1 saturated heterocycles. The highest BCUT2D eigenvalue weighted by Crippen LogP contribution is 2.22. The summed E-state index contributed by atoms with van der Waals surface area (Å²) >= 11 is 3.47. The van der Waals surface area contributed by atoms with Crippen LogP contribution in [-0.2, 0) is 0 Å². The number of benzene rings is 1. The van der Waals surface area contributed by atoms with Crippen molar-refractivity contribution in [3.05, 3.63) is 46.1 Å². The molecule has 2 aliphatic heterocycles. The maximum atomic E-state index is 3.47. The minimum atomic E-state index is 0.362. The number of halogens is 1. The van der Waals surface area contributed by atoms with E-state index in [-0.39, 0.29) is 0 Å². The van der Waals surface area contributed by atoms with Gasteiger partial charge >= 0.3 is 0 Å². The van der Waals surface area contributed by atoms with Gasteiger partial charge in [-0.1, -0.05) is 39.9 Å². The average Bonchev–Trinajstić information content (AvgIpc) is 2.80. The average molecular weight is 303 g/mol. The maximum Gasteiger partial charge on any atom is 0.0940 e. The Labute approximate surface area is 116 Å². The Balaban J connectivity index is 1.75. The van der Waals surface area contributed by atoms with E-state index >= 15 is 0 Å². The zero-order chi connectivity index (χ0) is 12.4. The summed E-state index contributed by atoms with van der Waals surface area (Å²) in [7, 11) is 0. The maximum absolute atomic E-state index is 3.47. The summed E-state index contributed by atoms with van der Waals surface area (Å²) < 4.78 is 1.08. The summed E-state index contributed by atoms with van der Waals surface area (Å²) in [6.45, 7) is 3.13. The Morgan fingerprint density at radius 1 is 1.39 bits per heavy atom. The fourth-order valence-corrected chi connectivity index (χ4v) is 2.85. The predicted molar refractivity (Wildman–Crippen MR) is 77.1 cm³/mol. The SMILES string of the molecule is Brc1cccc(C#C[C@H]2CC=C3CNCCN32)c1. The molecular formula is C15H15BrN2. The van der Waals surface area contributed by atoms with Gasteiger partial charge in [-0.2, -0.15) is 0 Å². The summed E-state index contributed by atoms with van der Waals surface area (Å²) in [6, 6.07) is 8.53. The molecule has 0 aliphatic carbocycles. The topological polar surface area (TPSA) is 15.3 Å². The molecule has 1 aromatic carbocycles. The molecule has 0 unspecified atom stereocenters. The largest absolute Gasteiger partial charge is 0.359 e. The van der Waals surface area contributed by atoms with Gasteiger partial charge in [-0.3, -0.25) is 0 Å². The van der Waals surface area contributed by atoms with Gasteiger partial charge in [0.25, 0.3) is 0 Å². The molecule has 0 radical (unpaired) electrons. The first kappa shape index (κ1) is 11.8. The van der Waals surface area contributed by atoms with Crippen LogP contribution in [0.1, 0.15) is 12.0 Å². The highest BCUT2D eigenvalue weighted by molar-refractivity contribution is 9.10. The van der Waals surface area contributed by atoms with E-state index in [4.69, 9.17) is 0 Å². The molecule has 1 aromatic rings. The van der Waals surface area contributed by atoms with Crippen molar-refractivity contribution >= 4 is 15.9 Å². The molecule has 18 heavy (non-hydrogen) atoms. The van der Waals surface area contributed by atoms with E-state index in [1.807, 2.05) is 12.1 Å². The highest BCUT2D eigenvalue weighted by Gasteiger charge is 2.25. The molecular weight excluding hydrogens is 288 g/mol. The van der Waals surface area contributed by atoms with Crippen LogP contribution in [0.15, 0.2) is 40.5 Å². The Kier molecular flexibility index (Phi) is 3.40. The Hall–Kier alpha value is -1.24. The number of hydrogen-bond acceptors (Lipinski definition) is 2. The summed E-state index contributed by atoms with van der Waals surface area (Å²) in [5.41, 5.74) is 2.49. The first-order valence-electron chi connectivity index (χ1n) is 6.26. The number of piperazine rings is 1. The normalized spacial score (nSPS) is 21.9. The summed E-state index contributed by atoms with van der Waals surface area (Å²) in [5, 5.41) is 3.39. The van der Waals surface area contributed by atoms with Crippen molar-refractivity contribution in [2.45, 2.75) is 12.5 Å². The van der Waals surface area contributed by atoms with E-state index in [9.17, 15) is 0 Å². The first-order valence-corrected chi connectivity index (χ1v) is 7.06. The zero-order valence-electron chi connectivity index (χ0n) is 10.1. The van der Waals surface area contributed by atoms with Crippen molar-refractivity contribution in [3.8, 4) is 11.8 Å². The third kappa shape index (κ3) is 2.45. The molecule has 0 amide bonds. The highest BCUT2D eigenvalue weighted by atomic mass is 79.9. The van der Waals surface area contributed by atoms with Gasteiger partial charge in [0, 0.05) is 35.4 Å². The molecule has 2 heterocycles. The fourth-order valence-electron chi connectivity index (χ4n) is 2.45. The molecule has 3 rings (SSSR count). The number of nitrogens with one attached hydrogen (secondary N) is 1. The minimum absolute atomic E-state index is 0.362. The van der Waals surface area contributed by atoms with Gasteiger partial charge in [0.15, 0.2) is 0 Å². The third-order valence-electron chi connectivity index (χ3n) is 3.37. The number of hydrogen-bond donors (Lipinski definition) is 1. The van der Waals surface area contributed by atoms with Crippen LogP contribution >= 0.6 is 15.9 Å². The van der Waals surface area contributed by atoms with Crippen molar-refractivity contribution in [2.75, 3.05) is 19.6 Å². The van der Waals surface area contributed by atoms with Crippen LogP contribution in [0, 0.1) is 11.8 Å². The summed E-state index contributed by atoms with van der Waals surface area (Å²) in [6.07, 6.45) is 3.37. The minimum Gasteiger partial charge on any atom is -0.359 e. The number of fused-ring (bicyclic) bond motifs is 1. The van der Waals surface area contributed by atoms with Crippen LogP contribution in [0.4, 0.5) is 0 Å². The van der Waals surface area contributed by atoms with Crippen molar-refractivity contribution in [2.24, 2.45) is 0 Å². The molecule has 2 nitrogen and oxygen atoms in total. The monoisotopic (exact) mass is 302 g/mol. The molecule has 0 bridgehead atoms. The van der Waals surface area contributed by atoms with Gasteiger partial charge in [0.2, 0.25) is 0 Å². The molecule has 1 fully saturated rings. The van der Waals surface area contributed by atoms with Crippen LogP contribution in [0.25, 0.3) is 0 Å². The van der Waals surface area contributed by atoms with Gasteiger partial charge in [0.05, 0.1) is 6.04 Å². The van der Waals surface area contributed by atoms with E-state index in [0.717, 1.165) is 36.1 Å². The lowest BCUT2D eigenvalue weighted by Gasteiger charge is -2.31. The van der Waals surface area contributed by atoms with Crippen LogP contribution in [0.3, 0.4) is 0 Å². The molecule has 0 aromatic heterocycles. The lowest BCUT2D eigenvalue weighted by atomic mass is 10.2. The van der Waals surface area contributed by atoms with E-state index in [1.54, 1.807) is 0 Å². The Bertz CT molecular complexity index is 539. The standard InChI is InChI=1S/C15H15BrN2/c16-13-3-1-2-12(10-13)4-5-14-6-7-15-11-17-8-9-18(14)15/h1-3,7,10,14,17H,6,8-9,11H2/t14-/m0/s1. The molecule has 0 spiro atoms. The lowest BCUT2D eigenvalue weighted by molar-refractivity contribution is 0.289. The Morgan fingerprint density at radius 3 is 3.22 bits per heavy atom. The molecule has 3 heteroatoms. The first-order chi connectivity index (χ1) is 8.83. The Morgan fingerprint density at radius 2 is 2.33 bits per heavy atom. The molecule has 92 valence electrons. The van der Waals surface area contributed by atoms with Crippen LogP contribution < -0.4 is 5.32 Å². The number of nitrogens with zero attached hydrogens (tertiary/aromatic N) is 1. The van der Waals surface area contributed by atoms with Gasteiger partial charge in [-0.25, -0.2) is 0 Å². The lowest BCUT2D eigenvalue weighted by Crippen LogP contribution is -2.43. The molecule has 1 N–H and O–H groups in total. The molecule has 1 atom stereocenters. The van der Waals surface area contributed by atoms with Crippen molar-refractivity contribution in [3.63, 3.8) is 0 Å². The van der Waals surface area contributed by atoms with E-state index < -0.39 is 0 Å². The second kappa shape index (κ2) is 5.17. The van der Waals surface area contributed by atoms with Crippen molar-refractivity contribution in [1.29, 1.82) is 0 Å². The molecule has 2 aliphatic rings. The van der Waals surface area contributed by atoms with E-state index in [2.05, 4.69) is 56.2 Å². The number of rotatable bonds is 0. The van der Waals surface area contributed by atoms with E-state index in [1.165, 1.54) is 5.70 Å². The smallest absolute Gasteiger partial charge is 0.0940 e. The van der Waals surface area contributed by atoms with Crippen LogP contribution in [-0.4, -0.2) is 30.6 Å². The van der Waals surface area contributed by atoms with Gasteiger partial charge < -0.3 is 10.2 Å². The zero-order valence-corrected chi connectivity index (χ0v) is 11.7. The van der Waals surface area contributed by atoms with Gasteiger partial charge in [-0.15, -0.1) is 0 Å². The molecule has 0 saturated carbocycles. The second-order valence-corrected chi connectivity index (χ2v) is 5.51. The predicted octanol–water partition coefficient (Wildman–Crippen LogP) is 2.36. The van der Waals surface area contributed by atoms with Gasteiger partial charge in [-0.05, 0) is 24.6 Å². The van der Waals surface area contributed by atoms with Gasteiger partial charge in [0.1, 0.15) is 0 Å². The summed E-state index contributed by atoms with van der Waals surface area (Å²) in [5.74, 6) is 6.68. The van der Waals surface area contributed by atoms with E-state index in [0.29, 0.717) is 6.04 Å². The fraction of sp³-hybridized carbons (Fsp3) is 0.333. The second-order valence-electron chi connectivity index (χ2n) is 4.60. The third-order valence-corrected chi connectivity index (χ3v) is 3.86. The quantitative estimate of drug-likeness (QED) is 0.740. The van der Waals surface area contributed by atoms with Crippen LogP contribution in [0.2, 0.25) is 0 Å². The van der Waals surface area contributed by atoms with Crippen LogP contribution in [0.5, 0.6) is 0 Å². The van der Waals surface area contributed by atoms with Crippen molar-refractivity contribution in [1.82, 2.24) is 10.2 Å².